The third kappa shape index (κ3) is 4.19. The third-order valence-corrected chi connectivity index (χ3v) is 5.04. The number of hydrogen-bond donors (Lipinski definition) is 1. The summed E-state index contributed by atoms with van der Waals surface area (Å²) in [6.07, 6.45) is 4.79. The van der Waals surface area contributed by atoms with Crippen LogP contribution in [0.1, 0.15) is 36.0 Å². The van der Waals surface area contributed by atoms with Gasteiger partial charge in [0.1, 0.15) is 11.6 Å². The van der Waals surface area contributed by atoms with Crippen LogP contribution in [0.4, 0.5) is 4.39 Å². The number of carbonyl (C=O) groups excluding carboxylic acids is 1. The molecule has 21 heavy (non-hydrogen) atoms. The summed E-state index contributed by atoms with van der Waals surface area (Å²) in [7, 11) is 1.47. The molecule has 2 unspecified atom stereocenters. The summed E-state index contributed by atoms with van der Waals surface area (Å²) in [5.74, 6) is 0.584. The molecule has 2 rings (SSSR count). The van der Waals surface area contributed by atoms with Crippen LogP contribution in [0.15, 0.2) is 18.2 Å². The van der Waals surface area contributed by atoms with Crippen molar-refractivity contribution in [3.63, 3.8) is 0 Å². The maximum absolute atomic E-state index is 13.8. The van der Waals surface area contributed by atoms with Crippen LogP contribution in [0.2, 0.25) is 0 Å². The number of benzene rings is 1. The second-order valence-electron chi connectivity index (χ2n) is 5.51. The first-order valence-corrected chi connectivity index (χ1v) is 8.45. The first-order chi connectivity index (χ1) is 10.2. The normalized spacial score (nSPS) is 21.9. The predicted octanol–water partition coefficient (Wildman–Crippen LogP) is 3.77. The molecule has 1 N–H and O–H groups in total. The number of methoxy groups -OCH3 is 1. The van der Waals surface area contributed by atoms with E-state index >= 15 is 0 Å². The number of nitrogens with one attached hydrogen (secondary N) is 1. The van der Waals surface area contributed by atoms with Crippen LogP contribution >= 0.6 is 15.9 Å². The lowest BCUT2D eigenvalue weighted by atomic mass is 9.80. The zero-order valence-electron chi connectivity index (χ0n) is 12.2. The van der Waals surface area contributed by atoms with E-state index in [9.17, 15) is 9.18 Å². The molecule has 2 atom stereocenters. The zero-order chi connectivity index (χ0) is 15.2. The van der Waals surface area contributed by atoms with Gasteiger partial charge in [-0.25, -0.2) is 4.39 Å². The second kappa shape index (κ2) is 7.78. The van der Waals surface area contributed by atoms with E-state index in [-0.39, 0.29) is 11.5 Å². The predicted molar refractivity (Wildman–Crippen MR) is 84.5 cm³/mol. The van der Waals surface area contributed by atoms with E-state index in [0.29, 0.717) is 24.1 Å². The Labute approximate surface area is 133 Å². The Balaban J connectivity index is 1.95. The van der Waals surface area contributed by atoms with Gasteiger partial charge in [0.05, 0.1) is 12.7 Å². The van der Waals surface area contributed by atoms with Gasteiger partial charge in [-0.3, -0.25) is 4.79 Å². The zero-order valence-corrected chi connectivity index (χ0v) is 13.8. The maximum Gasteiger partial charge on any atom is 0.254 e. The lowest BCUT2D eigenvalue weighted by Gasteiger charge is -2.30. The molecule has 116 valence electrons. The van der Waals surface area contributed by atoms with Crippen molar-refractivity contribution >= 4 is 21.8 Å². The molecule has 0 bridgehead atoms. The van der Waals surface area contributed by atoms with Gasteiger partial charge in [0, 0.05) is 17.9 Å². The standard InChI is InChI=1S/C16H21BrFNO2/c1-21-13-6-7-14(15(18)8-13)16(20)19-10-12-5-3-2-4-11(12)9-17/h6-8,11-12H,2-5,9-10H2,1H3,(H,19,20). The van der Waals surface area contributed by atoms with Crippen molar-refractivity contribution in [1.82, 2.24) is 5.32 Å². The number of ether oxygens (including phenoxy) is 1. The molecule has 1 saturated carbocycles. The van der Waals surface area contributed by atoms with E-state index in [2.05, 4.69) is 21.2 Å². The highest BCUT2D eigenvalue weighted by atomic mass is 79.9. The van der Waals surface area contributed by atoms with E-state index in [1.54, 1.807) is 6.07 Å². The molecule has 1 aromatic rings. The monoisotopic (exact) mass is 357 g/mol. The minimum atomic E-state index is -0.549. The maximum atomic E-state index is 13.8. The molecular formula is C16H21BrFNO2. The molecule has 0 radical (unpaired) electrons. The number of hydrogen-bond acceptors (Lipinski definition) is 2. The van der Waals surface area contributed by atoms with Crippen LogP contribution < -0.4 is 10.1 Å². The summed E-state index contributed by atoms with van der Waals surface area (Å²) in [5, 5.41) is 3.83. The van der Waals surface area contributed by atoms with Crippen LogP contribution in [0.3, 0.4) is 0 Å². The van der Waals surface area contributed by atoms with Gasteiger partial charge in [-0.1, -0.05) is 28.8 Å². The molecule has 1 amide bonds. The van der Waals surface area contributed by atoms with Gasteiger partial charge < -0.3 is 10.1 Å². The van der Waals surface area contributed by atoms with Gasteiger partial charge in [0.25, 0.3) is 5.91 Å². The Bertz CT molecular complexity index is 495. The van der Waals surface area contributed by atoms with Crippen LogP contribution in [0, 0.1) is 17.7 Å². The quantitative estimate of drug-likeness (QED) is 0.814. The number of halogens is 2. The van der Waals surface area contributed by atoms with E-state index in [0.717, 1.165) is 11.8 Å². The molecule has 0 saturated heterocycles. The highest BCUT2D eigenvalue weighted by molar-refractivity contribution is 9.09. The smallest absolute Gasteiger partial charge is 0.254 e. The fraction of sp³-hybridized carbons (Fsp3) is 0.562. The highest BCUT2D eigenvalue weighted by Crippen LogP contribution is 2.30. The SMILES string of the molecule is COc1ccc(C(=O)NCC2CCCCC2CBr)c(F)c1. The van der Waals surface area contributed by atoms with Crippen molar-refractivity contribution in [2.75, 3.05) is 19.0 Å². The van der Waals surface area contributed by atoms with Crippen LogP contribution in [-0.4, -0.2) is 24.9 Å². The van der Waals surface area contributed by atoms with Crippen molar-refractivity contribution in [3.05, 3.63) is 29.6 Å². The average Bonchev–Trinajstić information content (AvgIpc) is 2.52. The topological polar surface area (TPSA) is 38.3 Å². The number of carbonyl (C=O) groups is 1. The summed E-state index contributed by atoms with van der Waals surface area (Å²) in [5.41, 5.74) is 0.0713. The van der Waals surface area contributed by atoms with E-state index in [4.69, 9.17) is 4.74 Å². The van der Waals surface area contributed by atoms with Crippen molar-refractivity contribution in [3.8, 4) is 5.75 Å². The van der Waals surface area contributed by atoms with Gasteiger partial charge in [0.2, 0.25) is 0 Å². The summed E-state index contributed by atoms with van der Waals surface area (Å²) < 4.78 is 18.8. The summed E-state index contributed by atoms with van der Waals surface area (Å²) in [6, 6.07) is 4.29. The summed E-state index contributed by atoms with van der Waals surface area (Å²) >= 11 is 3.54. The Hall–Kier alpha value is -1.10. The minimum Gasteiger partial charge on any atom is -0.497 e. The third-order valence-electron chi connectivity index (χ3n) is 4.21. The Kier molecular flexibility index (Phi) is 6.03. The number of rotatable bonds is 5. The summed E-state index contributed by atoms with van der Waals surface area (Å²) in [6.45, 7) is 0.612. The van der Waals surface area contributed by atoms with E-state index in [1.807, 2.05) is 0 Å². The van der Waals surface area contributed by atoms with Gasteiger partial charge in [-0.2, -0.15) is 0 Å². The molecule has 1 aliphatic rings. The molecule has 3 nitrogen and oxygen atoms in total. The van der Waals surface area contributed by atoms with Crippen molar-refractivity contribution in [2.45, 2.75) is 25.7 Å². The van der Waals surface area contributed by atoms with Crippen LogP contribution in [-0.2, 0) is 0 Å². The first-order valence-electron chi connectivity index (χ1n) is 7.33. The lowest BCUT2D eigenvalue weighted by Crippen LogP contribution is -2.35. The van der Waals surface area contributed by atoms with Crippen LogP contribution in [0.5, 0.6) is 5.75 Å². The fourth-order valence-electron chi connectivity index (χ4n) is 2.88. The fourth-order valence-corrected chi connectivity index (χ4v) is 3.73. The minimum absolute atomic E-state index is 0.0713. The molecule has 0 aromatic heterocycles. The largest absolute Gasteiger partial charge is 0.497 e. The molecule has 1 aliphatic carbocycles. The van der Waals surface area contributed by atoms with Gasteiger partial charge in [-0.15, -0.1) is 0 Å². The molecule has 1 fully saturated rings. The molecule has 5 heteroatoms. The first kappa shape index (κ1) is 16.3. The van der Waals surface area contributed by atoms with E-state index < -0.39 is 5.82 Å². The average molecular weight is 358 g/mol. The molecule has 0 heterocycles. The van der Waals surface area contributed by atoms with E-state index in [1.165, 1.54) is 38.5 Å². The number of amides is 1. The molecular weight excluding hydrogens is 337 g/mol. The van der Waals surface area contributed by atoms with Crippen molar-refractivity contribution in [1.29, 1.82) is 0 Å². The second-order valence-corrected chi connectivity index (χ2v) is 6.16. The number of alkyl halides is 1. The molecule has 1 aromatic carbocycles. The molecule has 0 aliphatic heterocycles. The Morgan fingerprint density at radius 3 is 2.71 bits per heavy atom. The van der Waals surface area contributed by atoms with Gasteiger partial charge >= 0.3 is 0 Å². The highest BCUT2D eigenvalue weighted by Gasteiger charge is 2.25. The van der Waals surface area contributed by atoms with Gasteiger partial charge in [0.15, 0.2) is 0 Å². The van der Waals surface area contributed by atoms with Gasteiger partial charge in [-0.05, 0) is 36.8 Å². The Morgan fingerprint density at radius 2 is 2.10 bits per heavy atom. The van der Waals surface area contributed by atoms with Crippen LogP contribution in [0.25, 0.3) is 0 Å². The van der Waals surface area contributed by atoms with Crippen molar-refractivity contribution in [2.24, 2.45) is 11.8 Å². The van der Waals surface area contributed by atoms with Crippen molar-refractivity contribution < 1.29 is 13.9 Å². The lowest BCUT2D eigenvalue weighted by molar-refractivity contribution is 0.0933. The Morgan fingerprint density at radius 1 is 1.38 bits per heavy atom. The summed E-state index contributed by atoms with van der Waals surface area (Å²) in [4.78, 5) is 12.1. The molecule has 0 spiro atoms.